The number of fused-ring (bicyclic) bond motifs is 2. The van der Waals surface area contributed by atoms with Gasteiger partial charge >= 0.3 is 0 Å². The zero-order chi connectivity index (χ0) is 17.3. The number of benzene rings is 4. The maximum Gasteiger partial charge on any atom is 0.113 e. The predicted octanol–water partition coefficient (Wildman–Crippen LogP) is 3.04. The lowest BCUT2D eigenvalue weighted by atomic mass is 9.78. The van der Waals surface area contributed by atoms with Gasteiger partial charge in [-0.25, -0.2) is 0 Å². The standard InChI is InChI=1S/C21H18O4/c1-25-21-14-9-12-6-5-10-3-2-4-11-7-8-13(16(12)15(10)11)17(14)18(22)19(23)20(21)24/h2-9,18-24H,1H3/t18-,19+,20+,21-/m1/s1. The Morgan fingerprint density at radius 1 is 0.800 bits per heavy atom. The Morgan fingerprint density at radius 2 is 1.48 bits per heavy atom. The molecule has 0 fully saturated rings. The first-order chi connectivity index (χ1) is 12.1. The second-order valence-electron chi connectivity index (χ2n) is 6.82. The molecule has 0 bridgehead atoms. The van der Waals surface area contributed by atoms with Crippen molar-refractivity contribution in [3.05, 3.63) is 59.7 Å². The largest absolute Gasteiger partial charge is 0.387 e. The second kappa shape index (κ2) is 5.13. The van der Waals surface area contributed by atoms with E-state index >= 15 is 0 Å². The van der Waals surface area contributed by atoms with Crippen molar-refractivity contribution in [3.63, 3.8) is 0 Å². The average Bonchev–Trinajstić information content (AvgIpc) is 2.64. The van der Waals surface area contributed by atoms with Crippen LogP contribution >= 0.6 is 0 Å². The summed E-state index contributed by atoms with van der Waals surface area (Å²) < 4.78 is 5.45. The molecule has 0 saturated carbocycles. The minimum Gasteiger partial charge on any atom is -0.387 e. The van der Waals surface area contributed by atoms with Crippen LogP contribution in [-0.4, -0.2) is 34.6 Å². The van der Waals surface area contributed by atoms with Crippen LogP contribution in [0.2, 0.25) is 0 Å². The molecule has 3 N–H and O–H groups in total. The van der Waals surface area contributed by atoms with Crippen LogP contribution in [0.4, 0.5) is 0 Å². The topological polar surface area (TPSA) is 69.9 Å². The highest BCUT2D eigenvalue weighted by molar-refractivity contribution is 6.23. The summed E-state index contributed by atoms with van der Waals surface area (Å²) in [5.74, 6) is 0. The van der Waals surface area contributed by atoms with E-state index in [1.54, 1.807) is 0 Å². The highest BCUT2D eigenvalue weighted by Crippen LogP contribution is 2.46. The van der Waals surface area contributed by atoms with E-state index in [0.717, 1.165) is 37.9 Å². The van der Waals surface area contributed by atoms with Gasteiger partial charge in [-0.3, -0.25) is 0 Å². The Balaban J connectivity index is 1.99. The van der Waals surface area contributed by atoms with E-state index in [1.165, 1.54) is 7.11 Å². The van der Waals surface area contributed by atoms with Crippen molar-refractivity contribution < 1.29 is 20.1 Å². The minimum atomic E-state index is -1.28. The molecule has 0 unspecified atom stereocenters. The first-order valence-electron chi connectivity index (χ1n) is 8.39. The van der Waals surface area contributed by atoms with Crippen LogP contribution < -0.4 is 0 Å². The third-order valence-electron chi connectivity index (χ3n) is 5.56. The molecule has 5 rings (SSSR count). The van der Waals surface area contributed by atoms with Crippen molar-refractivity contribution in [1.82, 2.24) is 0 Å². The number of rotatable bonds is 1. The van der Waals surface area contributed by atoms with Gasteiger partial charge in [-0.2, -0.15) is 0 Å². The molecule has 0 radical (unpaired) electrons. The highest BCUT2D eigenvalue weighted by atomic mass is 16.5. The number of hydrogen-bond donors (Lipinski definition) is 3. The van der Waals surface area contributed by atoms with Crippen LogP contribution in [0.1, 0.15) is 23.3 Å². The third-order valence-corrected chi connectivity index (χ3v) is 5.56. The van der Waals surface area contributed by atoms with Crippen molar-refractivity contribution in [2.75, 3.05) is 7.11 Å². The number of aliphatic hydroxyl groups is 3. The van der Waals surface area contributed by atoms with Crippen molar-refractivity contribution in [3.8, 4) is 0 Å². The molecule has 0 aliphatic heterocycles. The molecule has 0 spiro atoms. The summed E-state index contributed by atoms with van der Waals surface area (Å²) in [4.78, 5) is 0. The molecule has 0 amide bonds. The van der Waals surface area contributed by atoms with Crippen LogP contribution in [0.3, 0.4) is 0 Å². The van der Waals surface area contributed by atoms with E-state index in [9.17, 15) is 15.3 Å². The molecule has 126 valence electrons. The van der Waals surface area contributed by atoms with Gasteiger partial charge in [0.05, 0.1) is 0 Å². The lowest BCUT2D eigenvalue weighted by Crippen LogP contribution is -2.42. The van der Waals surface area contributed by atoms with Crippen molar-refractivity contribution in [2.45, 2.75) is 24.4 Å². The molecular formula is C21H18O4. The van der Waals surface area contributed by atoms with E-state index in [4.69, 9.17) is 4.74 Å². The summed E-state index contributed by atoms with van der Waals surface area (Å²) in [6, 6.07) is 16.3. The van der Waals surface area contributed by atoms with Gasteiger partial charge in [0.1, 0.15) is 24.4 Å². The monoisotopic (exact) mass is 334 g/mol. The van der Waals surface area contributed by atoms with Crippen molar-refractivity contribution >= 4 is 32.3 Å². The van der Waals surface area contributed by atoms with E-state index in [-0.39, 0.29) is 0 Å². The maximum atomic E-state index is 10.7. The van der Waals surface area contributed by atoms with Gasteiger partial charge in [-0.15, -0.1) is 0 Å². The summed E-state index contributed by atoms with van der Waals surface area (Å²) in [7, 11) is 1.51. The Labute approximate surface area is 144 Å². The molecule has 4 nitrogen and oxygen atoms in total. The lowest BCUT2D eigenvalue weighted by Gasteiger charge is -2.37. The Bertz CT molecular complexity index is 1090. The van der Waals surface area contributed by atoms with Crippen LogP contribution in [0, 0.1) is 0 Å². The predicted molar refractivity (Wildman–Crippen MR) is 96.9 cm³/mol. The van der Waals surface area contributed by atoms with Gasteiger partial charge < -0.3 is 20.1 Å². The molecule has 0 heterocycles. The first-order valence-corrected chi connectivity index (χ1v) is 8.39. The Morgan fingerprint density at radius 3 is 2.20 bits per heavy atom. The molecule has 0 aromatic heterocycles. The van der Waals surface area contributed by atoms with E-state index in [0.29, 0.717) is 5.56 Å². The summed E-state index contributed by atoms with van der Waals surface area (Å²) >= 11 is 0. The van der Waals surface area contributed by atoms with Crippen molar-refractivity contribution in [1.29, 1.82) is 0 Å². The van der Waals surface area contributed by atoms with E-state index in [2.05, 4.69) is 24.3 Å². The summed E-state index contributed by atoms with van der Waals surface area (Å²) in [6.45, 7) is 0. The third kappa shape index (κ3) is 1.85. The number of ether oxygens (including phenoxy) is 1. The summed E-state index contributed by atoms with van der Waals surface area (Å²) in [5, 5.41) is 37.8. The molecule has 25 heavy (non-hydrogen) atoms. The fourth-order valence-corrected chi connectivity index (χ4v) is 4.41. The van der Waals surface area contributed by atoms with Crippen molar-refractivity contribution in [2.24, 2.45) is 0 Å². The van der Waals surface area contributed by atoms with Gasteiger partial charge in [0.25, 0.3) is 0 Å². The second-order valence-corrected chi connectivity index (χ2v) is 6.82. The molecule has 1 aliphatic carbocycles. The van der Waals surface area contributed by atoms with Crippen LogP contribution in [0.15, 0.2) is 48.5 Å². The average molecular weight is 334 g/mol. The van der Waals surface area contributed by atoms with Gasteiger partial charge in [-0.05, 0) is 49.5 Å². The molecule has 1 aliphatic rings. The lowest BCUT2D eigenvalue weighted by molar-refractivity contribution is -0.129. The Kier molecular flexibility index (Phi) is 3.09. The molecular weight excluding hydrogens is 316 g/mol. The van der Waals surface area contributed by atoms with Crippen LogP contribution in [-0.2, 0) is 4.74 Å². The van der Waals surface area contributed by atoms with Crippen LogP contribution in [0.25, 0.3) is 32.3 Å². The normalized spacial score (nSPS) is 26.6. The fourth-order valence-electron chi connectivity index (χ4n) is 4.41. The zero-order valence-electron chi connectivity index (χ0n) is 13.7. The summed E-state index contributed by atoms with van der Waals surface area (Å²) in [5.41, 5.74) is 1.38. The fraction of sp³-hybridized carbons (Fsp3) is 0.238. The maximum absolute atomic E-state index is 10.7. The molecule has 4 atom stereocenters. The molecule has 0 saturated heterocycles. The molecule has 4 aromatic rings. The number of aliphatic hydroxyl groups excluding tert-OH is 3. The number of methoxy groups -OCH3 is 1. The minimum absolute atomic E-state index is 0.649. The van der Waals surface area contributed by atoms with E-state index < -0.39 is 24.4 Å². The first kappa shape index (κ1) is 15.0. The van der Waals surface area contributed by atoms with Gasteiger partial charge in [-0.1, -0.05) is 42.5 Å². The van der Waals surface area contributed by atoms with Crippen LogP contribution in [0.5, 0.6) is 0 Å². The Hall–Kier alpha value is -2.24. The van der Waals surface area contributed by atoms with Gasteiger partial charge in [0, 0.05) is 7.11 Å². The van der Waals surface area contributed by atoms with Gasteiger partial charge in [0.2, 0.25) is 0 Å². The quantitative estimate of drug-likeness (QED) is 0.468. The molecule has 4 heteroatoms. The van der Waals surface area contributed by atoms with Gasteiger partial charge in [0.15, 0.2) is 0 Å². The highest BCUT2D eigenvalue weighted by Gasteiger charge is 2.42. The smallest absolute Gasteiger partial charge is 0.113 e. The number of hydrogen-bond acceptors (Lipinski definition) is 4. The molecule has 4 aromatic carbocycles. The SMILES string of the molecule is CO[C@@H]1c2cc3ccc4cccc5ccc(c2[C@@H](O)[C@H](O)[C@@H]1O)c3c45. The zero-order valence-corrected chi connectivity index (χ0v) is 13.7. The summed E-state index contributed by atoms with van der Waals surface area (Å²) in [6.07, 6.45) is -4.27. The van der Waals surface area contributed by atoms with E-state index in [1.807, 2.05) is 24.3 Å².